The van der Waals surface area contributed by atoms with Crippen LogP contribution >= 0.6 is 0 Å². The van der Waals surface area contributed by atoms with E-state index in [9.17, 15) is 19.8 Å². The van der Waals surface area contributed by atoms with Gasteiger partial charge in [-0.05, 0) is 35.6 Å². The fourth-order valence-corrected chi connectivity index (χ4v) is 2.46. The SMILES string of the molecule is CCc1ccc(C(Cc2ccccc2C(=O)O)C(=O)O)cc1. The maximum atomic E-state index is 11.6. The number of hydrogen-bond acceptors (Lipinski definition) is 2. The highest BCUT2D eigenvalue weighted by Gasteiger charge is 2.22. The Kier molecular flexibility index (Phi) is 4.94. The number of carboxylic acid groups (broad SMARTS) is 2. The van der Waals surface area contributed by atoms with E-state index in [1.165, 1.54) is 6.07 Å². The molecular formula is C18H18O4. The minimum Gasteiger partial charge on any atom is -0.481 e. The van der Waals surface area contributed by atoms with Gasteiger partial charge in [-0.15, -0.1) is 0 Å². The summed E-state index contributed by atoms with van der Waals surface area (Å²) in [6.07, 6.45) is 1.04. The number of aromatic carboxylic acids is 1. The largest absolute Gasteiger partial charge is 0.481 e. The molecule has 2 N–H and O–H groups in total. The van der Waals surface area contributed by atoms with Crippen molar-refractivity contribution in [3.05, 3.63) is 70.8 Å². The molecule has 1 atom stereocenters. The maximum absolute atomic E-state index is 11.6. The summed E-state index contributed by atoms with van der Waals surface area (Å²) in [4.78, 5) is 22.8. The average Bonchev–Trinajstić information content (AvgIpc) is 2.52. The summed E-state index contributed by atoms with van der Waals surface area (Å²) in [6, 6.07) is 14.0. The topological polar surface area (TPSA) is 74.6 Å². The Morgan fingerprint density at radius 1 is 1.00 bits per heavy atom. The Hall–Kier alpha value is -2.62. The second kappa shape index (κ2) is 6.89. The van der Waals surface area contributed by atoms with E-state index in [2.05, 4.69) is 0 Å². The zero-order chi connectivity index (χ0) is 16.1. The molecule has 4 heteroatoms. The van der Waals surface area contributed by atoms with Gasteiger partial charge < -0.3 is 10.2 Å². The van der Waals surface area contributed by atoms with Gasteiger partial charge in [-0.1, -0.05) is 49.4 Å². The zero-order valence-electron chi connectivity index (χ0n) is 12.3. The molecular weight excluding hydrogens is 280 g/mol. The number of aliphatic carboxylic acids is 1. The van der Waals surface area contributed by atoms with Gasteiger partial charge in [-0.3, -0.25) is 4.79 Å². The van der Waals surface area contributed by atoms with Crippen LogP contribution in [-0.4, -0.2) is 22.2 Å². The van der Waals surface area contributed by atoms with Crippen molar-refractivity contribution < 1.29 is 19.8 Å². The van der Waals surface area contributed by atoms with E-state index in [4.69, 9.17) is 0 Å². The molecule has 0 spiro atoms. The summed E-state index contributed by atoms with van der Waals surface area (Å²) < 4.78 is 0. The smallest absolute Gasteiger partial charge is 0.335 e. The molecule has 2 rings (SSSR count). The van der Waals surface area contributed by atoms with Gasteiger partial charge in [0.05, 0.1) is 11.5 Å². The summed E-state index contributed by atoms with van der Waals surface area (Å²) in [6.45, 7) is 2.03. The quantitative estimate of drug-likeness (QED) is 0.857. The molecule has 0 aliphatic rings. The van der Waals surface area contributed by atoms with Crippen LogP contribution in [0, 0.1) is 0 Å². The fraction of sp³-hybridized carbons (Fsp3) is 0.222. The average molecular weight is 298 g/mol. The lowest BCUT2D eigenvalue weighted by Crippen LogP contribution is -2.16. The van der Waals surface area contributed by atoms with Crippen LogP contribution in [0.15, 0.2) is 48.5 Å². The minimum absolute atomic E-state index is 0.152. The maximum Gasteiger partial charge on any atom is 0.335 e. The van der Waals surface area contributed by atoms with Gasteiger partial charge in [0.1, 0.15) is 0 Å². The molecule has 4 nitrogen and oxygen atoms in total. The van der Waals surface area contributed by atoms with Crippen LogP contribution in [0.3, 0.4) is 0 Å². The number of hydrogen-bond donors (Lipinski definition) is 2. The molecule has 2 aromatic rings. The zero-order valence-corrected chi connectivity index (χ0v) is 12.3. The first kappa shape index (κ1) is 15.8. The molecule has 22 heavy (non-hydrogen) atoms. The third-order valence-electron chi connectivity index (χ3n) is 3.76. The van der Waals surface area contributed by atoms with Crippen LogP contribution < -0.4 is 0 Å². The molecule has 0 fully saturated rings. The Morgan fingerprint density at radius 2 is 1.64 bits per heavy atom. The van der Waals surface area contributed by atoms with E-state index in [1.807, 2.05) is 19.1 Å². The van der Waals surface area contributed by atoms with E-state index < -0.39 is 17.9 Å². The van der Waals surface area contributed by atoms with Crippen molar-refractivity contribution >= 4 is 11.9 Å². The second-order valence-electron chi connectivity index (χ2n) is 5.15. The van der Waals surface area contributed by atoms with Crippen LogP contribution in [-0.2, 0) is 17.6 Å². The van der Waals surface area contributed by atoms with Crippen LogP contribution in [0.2, 0.25) is 0 Å². The van der Waals surface area contributed by atoms with E-state index in [0.29, 0.717) is 11.1 Å². The highest BCUT2D eigenvalue weighted by molar-refractivity contribution is 5.89. The van der Waals surface area contributed by atoms with Gasteiger partial charge in [-0.2, -0.15) is 0 Å². The summed E-state index contributed by atoms with van der Waals surface area (Å²) in [7, 11) is 0. The standard InChI is InChI=1S/C18H18O4/c1-2-12-7-9-13(10-8-12)16(18(21)22)11-14-5-3-4-6-15(14)17(19)20/h3-10,16H,2,11H2,1H3,(H,19,20)(H,21,22). The summed E-state index contributed by atoms with van der Waals surface area (Å²) in [5, 5.41) is 18.7. The Labute approximate surface area is 129 Å². The van der Waals surface area contributed by atoms with Gasteiger partial charge in [0.25, 0.3) is 0 Å². The Balaban J connectivity index is 2.33. The second-order valence-corrected chi connectivity index (χ2v) is 5.15. The van der Waals surface area contributed by atoms with Crippen molar-refractivity contribution in [1.82, 2.24) is 0 Å². The van der Waals surface area contributed by atoms with Gasteiger partial charge in [0, 0.05) is 0 Å². The minimum atomic E-state index is -1.04. The van der Waals surface area contributed by atoms with Crippen LogP contribution in [0.1, 0.15) is 39.9 Å². The highest BCUT2D eigenvalue weighted by Crippen LogP contribution is 2.24. The first-order valence-electron chi connectivity index (χ1n) is 7.15. The number of carboxylic acids is 2. The molecule has 0 radical (unpaired) electrons. The van der Waals surface area contributed by atoms with E-state index in [1.54, 1.807) is 30.3 Å². The number of rotatable bonds is 6. The normalized spacial score (nSPS) is 11.9. The molecule has 0 heterocycles. The number of carbonyl (C=O) groups is 2. The molecule has 2 aromatic carbocycles. The van der Waals surface area contributed by atoms with Crippen molar-refractivity contribution in [2.45, 2.75) is 25.7 Å². The molecule has 0 bridgehead atoms. The third-order valence-corrected chi connectivity index (χ3v) is 3.76. The van der Waals surface area contributed by atoms with E-state index in [0.717, 1.165) is 12.0 Å². The van der Waals surface area contributed by atoms with Crippen LogP contribution in [0.4, 0.5) is 0 Å². The fourth-order valence-electron chi connectivity index (χ4n) is 2.46. The molecule has 114 valence electrons. The lowest BCUT2D eigenvalue weighted by Gasteiger charge is -2.15. The molecule has 0 aliphatic heterocycles. The van der Waals surface area contributed by atoms with Crippen LogP contribution in [0.25, 0.3) is 0 Å². The predicted molar refractivity (Wildman–Crippen MR) is 83.3 cm³/mol. The third kappa shape index (κ3) is 3.52. The highest BCUT2D eigenvalue weighted by atomic mass is 16.4. The molecule has 0 saturated carbocycles. The summed E-state index contributed by atoms with van der Waals surface area (Å²) in [5.41, 5.74) is 2.50. The first-order valence-corrected chi connectivity index (χ1v) is 7.15. The monoisotopic (exact) mass is 298 g/mol. The van der Waals surface area contributed by atoms with Crippen molar-refractivity contribution in [3.63, 3.8) is 0 Å². The lowest BCUT2D eigenvalue weighted by atomic mass is 9.89. The molecule has 0 amide bonds. The van der Waals surface area contributed by atoms with Crippen molar-refractivity contribution in [1.29, 1.82) is 0 Å². The molecule has 0 aromatic heterocycles. The lowest BCUT2D eigenvalue weighted by molar-refractivity contribution is -0.138. The van der Waals surface area contributed by atoms with E-state index in [-0.39, 0.29) is 12.0 Å². The molecule has 0 saturated heterocycles. The summed E-state index contributed by atoms with van der Waals surface area (Å²) >= 11 is 0. The Morgan fingerprint density at radius 3 is 2.18 bits per heavy atom. The van der Waals surface area contributed by atoms with Crippen molar-refractivity contribution in [2.24, 2.45) is 0 Å². The first-order chi connectivity index (χ1) is 10.5. The van der Waals surface area contributed by atoms with Gasteiger partial charge in [0.2, 0.25) is 0 Å². The van der Waals surface area contributed by atoms with Crippen molar-refractivity contribution in [2.75, 3.05) is 0 Å². The van der Waals surface area contributed by atoms with Gasteiger partial charge in [-0.25, -0.2) is 4.79 Å². The van der Waals surface area contributed by atoms with Crippen molar-refractivity contribution in [3.8, 4) is 0 Å². The number of aryl methyl sites for hydroxylation is 1. The number of benzene rings is 2. The van der Waals surface area contributed by atoms with Gasteiger partial charge >= 0.3 is 11.9 Å². The van der Waals surface area contributed by atoms with E-state index >= 15 is 0 Å². The van der Waals surface area contributed by atoms with Crippen LogP contribution in [0.5, 0.6) is 0 Å². The van der Waals surface area contributed by atoms with Gasteiger partial charge in [0.15, 0.2) is 0 Å². The Bertz CT molecular complexity index is 674. The molecule has 0 aliphatic carbocycles. The molecule has 1 unspecified atom stereocenters. The summed E-state index contributed by atoms with van der Waals surface area (Å²) in [5.74, 6) is -2.75. The predicted octanol–water partition coefficient (Wildman–Crippen LogP) is 3.36.